The summed E-state index contributed by atoms with van der Waals surface area (Å²) in [6, 6.07) is 8.39. The molecule has 1 atom stereocenters. The number of thiophene rings is 1. The van der Waals surface area contributed by atoms with Crippen LogP contribution in [-0.2, 0) is 12.8 Å². The number of hydrogen-bond acceptors (Lipinski definition) is 6. The first-order valence-electron chi connectivity index (χ1n) is 8.97. The molecule has 0 amide bonds. The van der Waals surface area contributed by atoms with Crippen molar-refractivity contribution in [1.29, 1.82) is 0 Å². The number of likely N-dealkylation sites (N-methyl/N-ethyl adjacent to an activating group) is 1. The number of rotatable bonds is 6. The average molecular weight is 369 g/mol. The van der Waals surface area contributed by atoms with Crippen LogP contribution in [0.1, 0.15) is 28.5 Å². The highest BCUT2D eigenvalue weighted by atomic mass is 32.1. The Kier molecular flexibility index (Phi) is 4.78. The summed E-state index contributed by atoms with van der Waals surface area (Å²) in [5.41, 5.74) is 2.63. The van der Waals surface area contributed by atoms with Gasteiger partial charge in [0.2, 0.25) is 0 Å². The Bertz CT molecular complexity index is 921. The van der Waals surface area contributed by atoms with Crippen molar-refractivity contribution in [2.75, 3.05) is 33.1 Å². The van der Waals surface area contributed by atoms with Gasteiger partial charge in [0.15, 0.2) is 0 Å². The first kappa shape index (κ1) is 17.2. The molecule has 0 fully saturated rings. The molecular formula is C20H24N4OS. The van der Waals surface area contributed by atoms with Gasteiger partial charge in [-0.3, -0.25) is 0 Å². The van der Waals surface area contributed by atoms with E-state index in [-0.39, 0.29) is 6.04 Å². The Morgan fingerprint density at radius 3 is 2.88 bits per heavy atom. The summed E-state index contributed by atoms with van der Waals surface area (Å²) in [5.74, 6) is 1.87. The second kappa shape index (κ2) is 7.21. The monoisotopic (exact) mass is 368 g/mol. The number of methoxy groups -OCH3 is 1. The van der Waals surface area contributed by atoms with Gasteiger partial charge in [0.1, 0.15) is 22.7 Å². The van der Waals surface area contributed by atoms with Crippen LogP contribution in [-0.4, -0.2) is 42.6 Å². The quantitative estimate of drug-likeness (QED) is 0.715. The van der Waals surface area contributed by atoms with E-state index in [9.17, 15) is 0 Å². The fourth-order valence-electron chi connectivity index (χ4n) is 3.77. The smallest absolute Gasteiger partial charge is 0.138 e. The molecule has 5 nitrogen and oxygen atoms in total. The molecule has 2 heterocycles. The van der Waals surface area contributed by atoms with Crippen LogP contribution in [0.2, 0.25) is 0 Å². The molecule has 0 saturated carbocycles. The van der Waals surface area contributed by atoms with Gasteiger partial charge in [0.05, 0.1) is 18.5 Å². The highest BCUT2D eigenvalue weighted by molar-refractivity contribution is 7.19. The van der Waals surface area contributed by atoms with Gasteiger partial charge < -0.3 is 15.0 Å². The Labute approximate surface area is 158 Å². The lowest BCUT2D eigenvalue weighted by atomic mass is 10.0. The summed E-state index contributed by atoms with van der Waals surface area (Å²) >= 11 is 1.82. The maximum absolute atomic E-state index is 5.57. The first-order chi connectivity index (χ1) is 12.7. The van der Waals surface area contributed by atoms with E-state index in [4.69, 9.17) is 4.74 Å². The number of fused-ring (bicyclic) bond motifs is 3. The second-order valence-corrected chi connectivity index (χ2v) is 7.95. The van der Waals surface area contributed by atoms with E-state index >= 15 is 0 Å². The van der Waals surface area contributed by atoms with Gasteiger partial charge in [-0.15, -0.1) is 11.3 Å². The number of aromatic nitrogens is 2. The van der Waals surface area contributed by atoms with E-state index in [0.29, 0.717) is 0 Å². The van der Waals surface area contributed by atoms with Gasteiger partial charge in [-0.2, -0.15) is 0 Å². The number of anilines is 1. The number of hydrogen-bond donors (Lipinski definition) is 1. The summed E-state index contributed by atoms with van der Waals surface area (Å²) in [4.78, 5) is 13.8. The van der Waals surface area contributed by atoms with Crippen molar-refractivity contribution >= 4 is 27.4 Å². The molecule has 0 saturated heterocycles. The highest BCUT2D eigenvalue weighted by Crippen LogP contribution is 2.39. The minimum Gasteiger partial charge on any atom is -0.496 e. The number of aryl methyl sites for hydroxylation is 2. The third-order valence-corrected chi connectivity index (χ3v) is 6.29. The third kappa shape index (κ3) is 3.04. The normalized spacial score (nSPS) is 14.6. The molecule has 0 spiro atoms. The molecule has 1 aromatic carbocycles. The van der Waals surface area contributed by atoms with E-state index in [0.717, 1.165) is 29.4 Å². The van der Waals surface area contributed by atoms with Crippen LogP contribution in [0.3, 0.4) is 0 Å². The van der Waals surface area contributed by atoms with E-state index in [1.807, 2.05) is 23.5 Å². The van der Waals surface area contributed by atoms with E-state index < -0.39 is 0 Å². The van der Waals surface area contributed by atoms with Crippen LogP contribution >= 0.6 is 11.3 Å². The fraction of sp³-hybridized carbons (Fsp3) is 0.400. The van der Waals surface area contributed by atoms with E-state index in [2.05, 4.69) is 46.4 Å². The zero-order chi connectivity index (χ0) is 18.1. The van der Waals surface area contributed by atoms with Gasteiger partial charge in [-0.1, -0.05) is 18.2 Å². The number of nitrogens with zero attached hydrogens (tertiary/aromatic N) is 3. The van der Waals surface area contributed by atoms with Gasteiger partial charge in [0.25, 0.3) is 0 Å². The van der Waals surface area contributed by atoms with E-state index in [1.165, 1.54) is 34.2 Å². The van der Waals surface area contributed by atoms with Gasteiger partial charge in [-0.25, -0.2) is 9.97 Å². The Morgan fingerprint density at radius 1 is 1.23 bits per heavy atom. The fourth-order valence-corrected chi connectivity index (χ4v) is 5.00. The second-order valence-electron chi connectivity index (χ2n) is 6.86. The topological polar surface area (TPSA) is 50.3 Å². The molecule has 1 aliphatic rings. The van der Waals surface area contributed by atoms with Crippen molar-refractivity contribution in [2.45, 2.75) is 25.3 Å². The van der Waals surface area contributed by atoms with Crippen molar-refractivity contribution in [3.05, 3.63) is 46.6 Å². The summed E-state index contributed by atoms with van der Waals surface area (Å²) in [6.45, 7) is 0.754. The van der Waals surface area contributed by atoms with Crippen molar-refractivity contribution in [2.24, 2.45) is 0 Å². The molecule has 1 N–H and O–H groups in total. The lowest BCUT2D eigenvalue weighted by Crippen LogP contribution is -2.27. The molecule has 26 heavy (non-hydrogen) atoms. The summed E-state index contributed by atoms with van der Waals surface area (Å²) in [5, 5.41) is 4.82. The van der Waals surface area contributed by atoms with Crippen LogP contribution in [0.5, 0.6) is 5.75 Å². The largest absolute Gasteiger partial charge is 0.496 e. The molecule has 1 aliphatic carbocycles. The predicted octanol–water partition coefficient (Wildman–Crippen LogP) is 3.90. The van der Waals surface area contributed by atoms with Crippen LogP contribution in [0.15, 0.2) is 30.6 Å². The molecule has 0 radical (unpaired) electrons. The van der Waals surface area contributed by atoms with Crippen molar-refractivity contribution in [3.63, 3.8) is 0 Å². The standard InChI is InChI=1S/C20H24N4OS/c1-24(2)15(13-7-4-5-9-16(13)25-3)11-21-19-18-14-8-6-10-17(14)26-20(18)23-12-22-19/h4-5,7,9,12,15H,6,8,10-11H2,1-3H3,(H,21,22,23)/t15-/m0/s1. The van der Waals surface area contributed by atoms with Crippen LogP contribution in [0, 0.1) is 0 Å². The molecule has 3 aromatic rings. The van der Waals surface area contributed by atoms with Crippen LogP contribution < -0.4 is 10.1 Å². The minimum atomic E-state index is 0.183. The summed E-state index contributed by atoms with van der Waals surface area (Å²) in [6.07, 6.45) is 5.23. The van der Waals surface area contributed by atoms with Crippen molar-refractivity contribution < 1.29 is 4.74 Å². The predicted molar refractivity (Wildman–Crippen MR) is 107 cm³/mol. The highest BCUT2D eigenvalue weighted by Gasteiger charge is 2.23. The van der Waals surface area contributed by atoms with E-state index in [1.54, 1.807) is 13.4 Å². The Hall–Kier alpha value is -2.18. The third-order valence-electron chi connectivity index (χ3n) is 5.09. The molecule has 0 unspecified atom stereocenters. The Morgan fingerprint density at radius 2 is 2.08 bits per heavy atom. The molecular weight excluding hydrogens is 344 g/mol. The molecule has 6 heteroatoms. The maximum atomic E-state index is 5.57. The molecule has 136 valence electrons. The van der Waals surface area contributed by atoms with Crippen LogP contribution in [0.4, 0.5) is 5.82 Å². The number of nitrogens with one attached hydrogen (secondary N) is 1. The van der Waals surface area contributed by atoms with Crippen LogP contribution in [0.25, 0.3) is 10.2 Å². The van der Waals surface area contributed by atoms with Crippen molar-refractivity contribution in [1.82, 2.24) is 14.9 Å². The van der Waals surface area contributed by atoms with Gasteiger partial charge in [-0.05, 0) is 45.0 Å². The molecule has 4 rings (SSSR count). The number of ether oxygens (including phenoxy) is 1. The summed E-state index contributed by atoms with van der Waals surface area (Å²) in [7, 11) is 5.91. The molecule has 0 bridgehead atoms. The minimum absolute atomic E-state index is 0.183. The maximum Gasteiger partial charge on any atom is 0.138 e. The number of para-hydroxylation sites is 1. The molecule has 0 aliphatic heterocycles. The SMILES string of the molecule is COc1ccccc1[C@H](CNc1ncnc2sc3c(c12)CCC3)N(C)C. The lowest BCUT2D eigenvalue weighted by molar-refractivity contribution is 0.300. The number of benzene rings is 1. The van der Waals surface area contributed by atoms with Crippen molar-refractivity contribution in [3.8, 4) is 5.75 Å². The zero-order valence-electron chi connectivity index (χ0n) is 15.5. The lowest BCUT2D eigenvalue weighted by Gasteiger charge is -2.27. The summed E-state index contributed by atoms with van der Waals surface area (Å²) < 4.78 is 5.57. The molecule has 2 aromatic heterocycles. The Balaban J connectivity index is 1.64. The van der Waals surface area contributed by atoms with Gasteiger partial charge in [0, 0.05) is 17.0 Å². The zero-order valence-corrected chi connectivity index (χ0v) is 16.3. The van der Waals surface area contributed by atoms with Gasteiger partial charge >= 0.3 is 0 Å². The first-order valence-corrected chi connectivity index (χ1v) is 9.79. The average Bonchev–Trinajstić information content (AvgIpc) is 3.23.